The summed E-state index contributed by atoms with van der Waals surface area (Å²) < 4.78 is 175. The molecule has 0 fully saturated rings. The normalized spacial score (nSPS) is 15.3. The van der Waals surface area contributed by atoms with Crippen LogP contribution in [0.5, 0.6) is 5.75 Å². The molecule has 0 aliphatic rings. The molecule has 0 heterocycles. The van der Waals surface area contributed by atoms with Gasteiger partial charge in [-0.15, -0.1) is 0 Å². The van der Waals surface area contributed by atoms with Gasteiger partial charge in [-0.2, -0.15) is 56.7 Å². The van der Waals surface area contributed by atoms with Crippen LogP contribution in [0.15, 0.2) is 41.0 Å². The van der Waals surface area contributed by atoms with E-state index in [0.29, 0.717) is 12.1 Å². The summed E-state index contributed by atoms with van der Waals surface area (Å²) in [5.74, 6) is -27.7. The molecule has 160 valence electrons. The predicted molar refractivity (Wildman–Crippen MR) is 67.0 cm³/mol. The van der Waals surface area contributed by atoms with Crippen molar-refractivity contribution in [3.05, 3.63) is 36.1 Å². The SMILES string of the molecule is O=S(=O)(O)c1ccccc1OC(F)=C(F)C(F)(F)C(F)(F)C(F)(F)C(F)(F)F. The molecule has 0 spiro atoms. The summed E-state index contributed by atoms with van der Waals surface area (Å²) in [5, 5.41) is 0. The fourth-order valence-corrected chi connectivity index (χ4v) is 2.14. The van der Waals surface area contributed by atoms with E-state index in [1.54, 1.807) is 0 Å². The molecule has 1 aromatic rings. The molecule has 0 saturated heterocycles. The number of rotatable bonds is 6. The summed E-state index contributed by atoms with van der Waals surface area (Å²) in [7, 11) is -5.25. The minimum Gasteiger partial charge on any atom is -0.428 e. The third-order valence-corrected chi connectivity index (χ3v) is 3.81. The molecule has 0 saturated carbocycles. The van der Waals surface area contributed by atoms with Gasteiger partial charge in [-0.1, -0.05) is 12.1 Å². The first kappa shape index (κ1) is 23.9. The molecule has 0 aliphatic carbocycles. The maximum Gasteiger partial charge on any atom is 0.460 e. The van der Waals surface area contributed by atoms with E-state index >= 15 is 0 Å². The quantitative estimate of drug-likeness (QED) is 0.378. The maximum absolute atomic E-state index is 13.4. The van der Waals surface area contributed by atoms with Crippen molar-refractivity contribution in [3.63, 3.8) is 0 Å². The first-order valence-corrected chi connectivity index (χ1v) is 7.72. The van der Waals surface area contributed by atoms with Gasteiger partial charge in [0.2, 0.25) is 5.83 Å². The van der Waals surface area contributed by atoms with Crippen LogP contribution < -0.4 is 4.74 Å². The molecule has 0 radical (unpaired) electrons. The minimum absolute atomic E-state index is 0.385. The smallest absolute Gasteiger partial charge is 0.428 e. The van der Waals surface area contributed by atoms with Crippen LogP contribution in [0.3, 0.4) is 0 Å². The van der Waals surface area contributed by atoms with Crippen molar-refractivity contribution in [2.24, 2.45) is 0 Å². The Bertz CT molecular complexity index is 874. The average molecular weight is 454 g/mol. The molecule has 0 unspecified atom stereocenters. The summed E-state index contributed by atoms with van der Waals surface area (Å²) in [5.41, 5.74) is 0. The molecular formula is C12H5F11O4S. The third kappa shape index (κ3) is 4.01. The Labute approximate surface area is 147 Å². The second kappa shape index (κ2) is 7.06. The van der Waals surface area contributed by atoms with Crippen molar-refractivity contribution in [1.29, 1.82) is 0 Å². The molecular weight excluding hydrogens is 449 g/mol. The number of halogens is 11. The van der Waals surface area contributed by atoms with Gasteiger partial charge in [0.1, 0.15) is 4.90 Å². The van der Waals surface area contributed by atoms with Gasteiger partial charge in [0.05, 0.1) is 0 Å². The van der Waals surface area contributed by atoms with Gasteiger partial charge in [0, 0.05) is 0 Å². The van der Waals surface area contributed by atoms with Gasteiger partial charge in [0.25, 0.3) is 10.1 Å². The standard InChI is InChI=1S/C12H5F11O4S/c13-7(9(15,16)10(17,18)11(19,20)12(21,22)23)8(14)27-5-3-1-2-4-6(5)28(24,25)26/h1-4H,(H,24,25,26). The lowest BCUT2D eigenvalue weighted by atomic mass is 10.0. The molecule has 1 N–H and O–H groups in total. The van der Waals surface area contributed by atoms with Crippen molar-refractivity contribution < 1.29 is 66.0 Å². The second-order valence-electron chi connectivity index (χ2n) is 4.83. The highest BCUT2D eigenvalue weighted by Gasteiger charge is 2.83. The Balaban J connectivity index is 3.46. The number of allylic oxidation sites excluding steroid dienone is 1. The van der Waals surface area contributed by atoms with Gasteiger partial charge in [-0.3, -0.25) is 4.55 Å². The van der Waals surface area contributed by atoms with Crippen LogP contribution in [-0.4, -0.2) is 36.9 Å². The first-order chi connectivity index (χ1) is 12.3. The summed E-state index contributed by atoms with van der Waals surface area (Å²) in [6, 6.07) is -0.990. The number of hydrogen-bond donors (Lipinski definition) is 1. The van der Waals surface area contributed by atoms with Crippen LogP contribution >= 0.6 is 0 Å². The Morgan fingerprint density at radius 2 is 1.32 bits per heavy atom. The zero-order valence-electron chi connectivity index (χ0n) is 12.5. The van der Waals surface area contributed by atoms with E-state index in [2.05, 4.69) is 4.74 Å². The molecule has 0 amide bonds. The number of hydrogen-bond acceptors (Lipinski definition) is 3. The van der Waals surface area contributed by atoms with Crippen molar-refractivity contribution in [2.75, 3.05) is 0 Å². The Hall–Kier alpha value is -2.10. The van der Waals surface area contributed by atoms with Gasteiger partial charge in [-0.25, -0.2) is 0 Å². The van der Waals surface area contributed by atoms with Crippen LogP contribution in [-0.2, 0) is 10.1 Å². The van der Waals surface area contributed by atoms with Crippen LogP contribution in [0.1, 0.15) is 0 Å². The molecule has 0 aliphatic heterocycles. The van der Waals surface area contributed by atoms with Crippen molar-refractivity contribution in [1.82, 2.24) is 0 Å². The molecule has 0 aromatic heterocycles. The number of ether oxygens (including phenoxy) is 1. The third-order valence-electron chi connectivity index (χ3n) is 2.92. The van der Waals surface area contributed by atoms with Crippen LogP contribution in [0.25, 0.3) is 0 Å². The topological polar surface area (TPSA) is 63.6 Å². The fraction of sp³-hybridized carbons (Fsp3) is 0.333. The summed E-state index contributed by atoms with van der Waals surface area (Å²) in [6.07, 6.45) is -7.27. The van der Waals surface area contributed by atoms with E-state index < -0.39 is 56.5 Å². The number of para-hydroxylation sites is 1. The first-order valence-electron chi connectivity index (χ1n) is 6.28. The molecule has 1 rings (SSSR count). The van der Waals surface area contributed by atoms with Gasteiger partial charge in [0.15, 0.2) is 5.75 Å². The lowest BCUT2D eigenvalue weighted by molar-refractivity contribution is -0.392. The van der Waals surface area contributed by atoms with Crippen LogP contribution in [0.2, 0.25) is 0 Å². The van der Waals surface area contributed by atoms with Crippen molar-refractivity contribution in [2.45, 2.75) is 28.8 Å². The molecule has 1 aromatic carbocycles. The van der Waals surface area contributed by atoms with E-state index in [-0.39, 0.29) is 0 Å². The molecule has 0 atom stereocenters. The van der Waals surface area contributed by atoms with E-state index in [4.69, 9.17) is 4.55 Å². The van der Waals surface area contributed by atoms with E-state index in [0.717, 1.165) is 12.1 Å². The maximum atomic E-state index is 13.4. The second-order valence-corrected chi connectivity index (χ2v) is 6.22. The monoisotopic (exact) mass is 454 g/mol. The average Bonchev–Trinajstić information content (AvgIpc) is 2.52. The summed E-state index contributed by atoms with van der Waals surface area (Å²) in [6.45, 7) is 0. The number of alkyl halides is 9. The predicted octanol–water partition coefficient (Wildman–Crippen LogP) is 4.89. The van der Waals surface area contributed by atoms with Crippen LogP contribution in [0, 0.1) is 0 Å². The highest BCUT2D eigenvalue weighted by atomic mass is 32.2. The van der Waals surface area contributed by atoms with Crippen LogP contribution in [0.4, 0.5) is 48.3 Å². The minimum atomic E-state index is -7.51. The lowest BCUT2D eigenvalue weighted by Gasteiger charge is -2.32. The molecule has 16 heteroatoms. The van der Waals surface area contributed by atoms with Crippen molar-refractivity contribution in [3.8, 4) is 5.75 Å². The molecule has 28 heavy (non-hydrogen) atoms. The lowest BCUT2D eigenvalue weighted by Crippen LogP contribution is -2.61. The zero-order valence-corrected chi connectivity index (χ0v) is 13.4. The van der Waals surface area contributed by atoms with E-state index in [1.165, 1.54) is 0 Å². The van der Waals surface area contributed by atoms with Gasteiger partial charge < -0.3 is 4.74 Å². The van der Waals surface area contributed by atoms with Crippen molar-refractivity contribution >= 4 is 10.1 Å². The Morgan fingerprint density at radius 3 is 1.75 bits per heavy atom. The van der Waals surface area contributed by atoms with E-state index in [1.807, 2.05) is 0 Å². The molecule has 4 nitrogen and oxygen atoms in total. The molecule has 0 bridgehead atoms. The summed E-state index contributed by atoms with van der Waals surface area (Å²) >= 11 is 0. The van der Waals surface area contributed by atoms with Gasteiger partial charge >= 0.3 is 30.0 Å². The number of benzene rings is 1. The Kier molecular flexibility index (Phi) is 6.03. The highest BCUT2D eigenvalue weighted by molar-refractivity contribution is 7.86. The fourth-order valence-electron chi connectivity index (χ4n) is 1.53. The van der Waals surface area contributed by atoms with E-state index in [9.17, 15) is 56.7 Å². The summed E-state index contributed by atoms with van der Waals surface area (Å²) in [4.78, 5) is -1.39. The zero-order chi connectivity index (χ0) is 22.3. The Morgan fingerprint density at radius 1 is 0.857 bits per heavy atom. The van der Waals surface area contributed by atoms with Gasteiger partial charge in [-0.05, 0) is 12.1 Å². The largest absolute Gasteiger partial charge is 0.460 e. The highest BCUT2D eigenvalue weighted by Crippen LogP contribution is 2.55.